The molecular formula is C17H18N4. The van der Waals surface area contributed by atoms with Crippen molar-refractivity contribution in [3.63, 3.8) is 0 Å². The number of nitrogens with zero attached hydrogens (tertiary/aromatic N) is 3. The summed E-state index contributed by atoms with van der Waals surface area (Å²) in [6.07, 6.45) is 0.834. The fourth-order valence-corrected chi connectivity index (χ4v) is 3.15. The molecule has 1 N–H and O–H groups in total. The first kappa shape index (κ1) is 12.5. The van der Waals surface area contributed by atoms with Crippen LogP contribution in [0.5, 0.6) is 0 Å². The van der Waals surface area contributed by atoms with Crippen LogP contribution in [0.2, 0.25) is 0 Å². The van der Waals surface area contributed by atoms with Gasteiger partial charge in [0.2, 0.25) is 0 Å². The molecule has 1 aliphatic rings. The van der Waals surface area contributed by atoms with E-state index in [9.17, 15) is 0 Å². The summed E-state index contributed by atoms with van der Waals surface area (Å²) in [5.74, 6) is 2.12. The van der Waals surface area contributed by atoms with Crippen molar-refractivity contribution in [3.8, 4) is 0 Å². The van der Waals surface area contributed by atoms with Crippen LogP contribution in [0.25, 0.3) is 10.8 Å². The lowest BCUT2D eigenvalue weighted by Gasteiger charge is -2.22. The van der Waals surface area contributed by atoms with Gasteiger partial charge in [0.25, 0.3) is 0 Å². The van der Waals surface area contributed by atoms with E-state index in [1.807, 2.05) is 0 Å². The Hall–Kier alpha value is -2.20. The molecule has 1 aliphatic heterocycles. The fourth-order valence-electron chi connectivity index (χ4n) is 3.15. The van der Waals surface area contributed by atoms with E-state index in [0.29, 0.717) is 0 Å². The highest BCUT2D eigenvalue weighted by molar-refractivity contribution is 5.85. The van der Waals surface area contributed by atoms with Gasteiger partial charge in [-0.2, -0.15) is 0 Å². The van der Waals surface area contributed by atoms with Gasteiger partial charge in [0.1, 0.15) is 11.6 Å². The van der Waals surface area contributed by atoms with Crippen LogP contribution in [0.1, 0.15) is 30.2 Å². The largest absolute Gasteiger partial charge is 0.312 e. The molecule has 21 heavy (non-hydrogen) atoms. The quantitative estimate of drug-likeness (QED) is 0.783. The van der Waals surface area contributed by atoms with Gasteiger partial charge in [-0.3, -0.25) is 0 Å². The van der Waals surface area contributed by atoms with Gasteiger partial charge in [-0.1, -0.05) is 42.5 Å². The van der Waals surface area contributed by atoms with Gasteiger partial charge in [0.15, 0.2) is 0 Å². The lowest BCUT2D eigenvalue weighted by atomic mass is 10.0. The first-order chi connectivity index (χ1) is 10.3. The maximum absolute atomic E-state index is 4.42. The number of hydrogen-bond acceptors (Lipinski definition) is 3. The minimum Gasteiger partial charge on any atom is -0.312 e. The number of rotatable bonds is 2. The number of aromatic nitrogens is 3. The third kappa shape index (κ3) is 2.12. The summed E-state index contributed by atoms with van der Waals surface area (Å²) in [6.45, 7) is 4.07. The second-order valence-electron chi connectivity index (χ2n) is 5.62. The third-order valence-corrected chi connectivity index (χ3v) is 4.26. The van der Waals surface area contributed by atoms with Crippen molar-refractivity contribution in [3.05, 3.63) is 59.7 Å². The lowest BCUT2D eigenvalue weighted by Crippen LogP contribution is -2.32. The molecule has 106 valence electrons. The average Bonchev–Trinajstić information content (AvgIpc) is 2.92. The highest BCUT2D eigenvalue weighted by atomic mass is 15.3. The van der Waals surface area contributed by atoms with E-state index >= 15 is 0 Å². The molecule has 4 rings (SSSR count). The molecule has 0 fully saturated rings. The van der Waals surface area contributed by atoms with E-state index in [-0.39, 0.29) is 6.04 Å². The molecule has 1 atom stereocenters. The molecule has 4 nitrogen and oxygen atoms in total. The molecule has 3 aromatic rings. The van der Waals surface area contributed by atoms with Crippen LogP contribution >= 0.6 is 0 Å². The fraction of sp³-hybridized carbons (Fsp3) is 0.294. The Morgan fingerprint density at radius 2 is 2.00 bits per heavy atom. The smallest absolute Gasteiger partial charge is 0.149 e. The Balaban J connectivity index is 1.76. The van der Waals surface area contributed by atoms with Crippen LogP contribution in [-0.4, -0.2) is 21.3 Å². The molecule has 0 aliphatic carbocycles. The molecule has 0 spiro atoms. The lowest BCUT2D eigenvalue weighted by molar-refractivity contribution is 0.431. The van der Waals surface area contributed by atoms with Gasteiger partial charge in [0.05, 0.1) is 6.04 Å². The maximum atomic E-state index is 4.42. The Morgan fingerprint density at radius 3 is 2.95 bits per heavy atom. The van der Waals surface area contributed by atoms with E-state index in [2.05, 4.69) is 69.5 Å². The Labute approximate surface area is 123 Å². The van der Waals surface area contributed by atoms with Crippen LogP contribution in [-0.2, 0) is 13.0 Å². The second-order valence-corrected chi connectivity index (χ2v) is 5.62. The van der Waals surface area contributed by atoms with Crippen molar-refractivity contribution >= 4 is 10.8 Å². The second kappa shape index (κ2) is 4.97. The SMILES string of the molecule is CC1NCCn2c(Cc3cccc4ccccc34)nnc21. The molecule has 0 amide bonds. The van der Waals surface area contributed by atoms with E-state index in [1.54, 1.807) is 0 Å². The summed E-state index contributed by atoms with van der Waals surface area (Å²) >= 11 is 0. The normalized spacial score (nSPS) is 17.9. The van der Waals surface area contributed by atoms with Crippen LogP contribution in [0, 0.1) is 0 Å². The highest BCUT2D eigenvalue weighted by Crippen LogP contribution is 2.22. The maximum Gasteiger partial charge on any atom is 0.149 e. The molecule has 4 heteroatoms. The average molecular weight is 278 g/mol. The molecule has 1 aromatic heterocycles. The molecule has 0 saturated heterocycles. The molecular weight excluding hydrogens is 260 g/mol. The van der Waals surface area contributed by atoms with Crippen molar-refractivity contribution in [2.45, 2.75) is 25.9 Å². The van der Waals surface area contributed by atoms with E-state index < -0.39 is 0 Å². The number of fused-ring (bicyclic) bond motifs is 2. The number of nitrogens with one attached hydrogen (secondary N) is 1. The first-order valence-electron chi connectivity index (χ1n) is 7.45. The zero-order valence-corrected chi connectivity index (χ0v) is 12.1. The molecule has 2 aromatic carbocycles. The van der Waals surface area contributed by atoms with E-state index in [1.165, 1.54) is 16.3 Å². The van der Waals surface area contributed by atoms with Crippen molar-refractivity contribution < 1.29 is 0 Å². The molecule has 2 heterocycles. The summed E-state index contributed by atoms with van der Waals surface area (Å²) in [5.41, 5.74) is 1.31. The summed E-state index contributed by atoms with van der Waals surface area (Å²) in [6, 6.07) is 15.3. The van der Waals surface area contributed by atoms with Gasteiger partial charge in [-0.05, 0) is 23.3 Å². The van der Waals surface area contributed by atoms with Gasteiger partial charge in [-0.25, -0.2) is 0 Å². The van der Waals surface area contributed by atoms with Crippen LogP contribution in [0.15, 0.2) is 42.5 Å². The topological polar surface area (TPSA) is 42.7 Å². The zero-order valence-electron chi connectivity index (χ0n) is 12.1. The molecule has 0 radical (unpaired) electrons. The van der Waals surface area contributed by atoms with Crippen LogP contribution in [0.4, 0.5) is 0 Å². The summed E-state index contributed by atoms with van der Waals surface area (Å²) in [4.78, 5) is 0. The molecule has 0 saturated carbocycles. The van der Waals surface area contributed by atoms with Crippen molar-refractivity contribution in [2.24, 2.45) is 0 Å². The summed E-state index contributed by atoms with van der Waals surface area (Å²) in [7, 11) is 0. The minimum atomic E-state index is 0.285. The first-order valence-corrected chi connectivity index (χ1v) is 7.45. The predicted octanol–water partition coefficient (Wildman–Crippen LogP) is 2.69. The van der Waals surface area contributed by atoms with Crippen LogP contribution in [0.3, 0.4) is 0 Å². The zero-order chi connectivity index (χ0) is 14.2. The molecule has 1 unspecified atom stereocenters. The third-order valence-electron chi connectivity index (χ3n) is 4.26. The monoisotopic (exact) mass is 278 g/mol. The van der Waals surface area contributed by atoms with Crippen LogP contribution < -0.4 is 5.32 Å². The van der Waals surface area contributed by atoms with Gasteiger partial charge >= 0.3 is 0 Å². The van der Waals surface area contributed by atoms with Crippen molar-refractivity contribution in [1.29, 1.82) is 0 Å². The standard InChI is InChI=1S/C17H18N4/c1-12-17-20-19-16(21(17)10-9-18-12)11-14-7-4-6-13-5-2-3-8-15(13)14/h2-8,12,18H,9-11H2,1H3. The Bertz CT molecular complexity index is 785. The highest BCUT2D eigenvalue weighted by Gasteiger charge is 2.21. The van der Waals surface area contributed by atoms with Crippen molar-refractivity contribution in [2.75, 3.05) is 6.54 Å². The van der Waals surface area contributed by atoms with Gasteiger partial charge < -0.3 is 9.88 Å². The molecule has 0 bridgehead atoms. The van der Waals surface area contributed by atoms with Crippen molar-refractivity contribution in [1.82, 2.24) is 20.1 Å². The number of hydrogen-bond donors (Lipinski definition) is 1. The Kier molecular flexibility index (Phi) is 2.97. The summed E-state index contributed by atoms with van der Waals surface area (Å²) < 4.78 is 2.27. The van der Waals surface area contributed by atoms with E-state index in [0.717, 1.165) is 31.2 Å². The van der Waals surface area contributed by atoms with Gasteiger partial charge in [0, 0.05) is 19.5 Å². The van der Waals surface area contributed by atoms with Gasteiger partial charge in [-0.15, -0.1) is 10.2 Å². The number of benzene rings is 2. The predicted molar refractivity (Wildman–Crippen MR) is 83.2 cm³/mol. The minimum absolute atomic E-state index is 0.285. The summed E-state index contributed by atoms with van der Waals surface area (Å²) in [5, 5.41) is 14.8. The van der Waals surface area contributed by atoms with E-state index in [4.69, 9.17) is 0 Å². The Morgan fingerprint density at radius 1 is 1.14 bits per heavy atom.